The summed E-state index contributed by atoms with van der Waals surface area (Å²) in [6.45, 7) is 0. The number of ether oxygens (including phenoxy) is 1. The van der Waals surface area contributed by atoms with Gasteiger partial charge in [-0.15, -0.1) is 11.3 Å². The molecule has 2 rings (SSSR count). The molecule has 0 aliphatic heterocycles. The molecule has 1 aromatic carbocycles. The van der Waals surface area contributed by atoms with Crippen molar-refractivity contribution in [1.29, 1.82) is 0 Å². The number of thiophene rings is 1. The van der Waals surface area contributed by atoms with Gasteiger partial charge in [-0.05, 0) is 5.56 Å². The molecule has 15 heavy (non-hydrogen) atoms. The summed E-state index contributed by atoms with van der Waals surface area (Å²) < 4.78 is 5.88. The predicted octanol–water partition coefficient (Wildman–Crippen LogP) is 3.58. The third-order valence-corrected chi connectivity index (χ3v) is 3.91. The summed E-state index contributed by atoms with van der Waals surface area (Å²) in [5, 5.41) is 3.62. The number of hydrogen-bond acceptors (Lipinski definition) is 3. The van der Waals surface area contributed by atoms with Gasteiger partial charge in [-0.3, -0.25) is 0 Å². The molecule has 1 aromatic heterocycles. The van der Waals surface area contributed by atoms with Gasteiger partial charge < -0.3 is 4.74 Å². The van der Waals surface area contributed by atoms with Crippen molar-refractivity contribution in [3.8, 4) is 0 Å². The first-order valence-corrected chi connectivity index (χ1v) is 6.41. The van der Waals surface area contributed by atoms with Gasteiger partial charge in [0, 0.05) is 20.8 Å². The van der Waals surface area contributed by atoms with Crippen LogP contribution in [0.15, 0.2) is 23.6 Å². The lowest BCUT2D eigenvalue weighted by Gasteiger charge is -1.99. The first-order valence-electron chi connectivity index (χ1n) is 4.41. The lowest BCUT2D eigenvalue weighted by atomic mass is 10.1. The maximum absolute atomic E-state index is 11.5. The van der Waals surface area contributed by atoms with E-state index in [2.05, 4.69) is 22.0 Å². The Labute approximate surface area is 100.0 Å². The van der Waals surface area contributed by atoms with Crippen LogP contribution in [0, 0.1) is 0 Å². The topological polar surface area (TPSA) is 26.3 Å². The Hall–Kier alpha value is -0.870. The monoisotopic (exact) mass is 284 g/mol. The number of alkyl halides is 1. The summed E-state index contributed by atoms with van der Waals surface area (Å²) in [5.74, 6) is -0.270. The number of carbonyl (C=O) groups is 1. The molecule has 0 saturated heterocycles. The van der Waals surface area contributed by atoms with Crippen LogP contribution in [0.25, 0.3) is 10.1 Å². The van der Waals surface area contributed by atoms with E-state index in [-0.39, 0.29) is 5.97 Å². The second-order valence-corrected chi connectivity index (χ2v) is 4.51. The molecule has 1 heterocycles. The van der Waals surface area contributed by atoms with Gasteiger partial charge in [0.15, 0.2) is 0 Å². The van der Waals surface area contributed by atoms with Crippen molar-refractivity contribution in [3.63, 3.8) is 0 Å². The summed E-state index contributed by atoms with van der Waals surface area (Å²) in [6, 6.07) is 5.96. The summed E-state index contributed by atoms with van der Waals surface area (Å²) in [5.41, 5.74) is 1.85. The molecule has 2 aromatic rings. The molecule has 0 N–H and O–H groups in total. The zero-order chi connectivity index (χ0) is 10.8. The maximum Gasteiger partial charge on any atom is 0.339 e. The fraction of sp³-hybridized carbons (Fsp3) is 0.182. The number of benzene rings is 1. The molecule has 0 aliphatic rings. The largest absolute Gasteiger partial charge is 0.465 e. The fourth-order valence-corrected chi connectivity index (χ4v) is 3.20. The molecule has 0 bridgehead atoms. The molecule has 0 atom stereocenters. The van der Waals surface area contributed by atoms with Crippen LogP contribution in [-0.4, -0.2) is 13.1 Å². The lowest BCUT2D eigenvalue weighted by molar-refractivity contribution is 0.0603. The van der Waals surface area contributed by atoms with Crippen molar-refractivity contribution < 1.29 is 9.53 Å². The SMILES string of the molecule is COC(=O)c1csc2c(CBr)cccc12. The van der Waals surface area contributed by atoms with E-state index in [1.165, 1.54) is 12.7 Å². The zero-order valence-electron chi connectivity index (χ0n) is 8.12. The van der Waals surface area contributed by atoms with Crippen LogP contribution in [0.1, 0.15) is 15.9 Å². The standard InChI is InChI=1S/C11H9BrO2S/c1-14-11(13)9-6-15-10-7(5-12)3-2-4-8(9)10/h2-4,6H,5H2,1H3. The number of hydrogen-bond donors (Lipinski definition) is 0. The number of rotatable bonds is 2. The molecule has 4 heteroatoms. The van der Waals surface area contributed by atoms with Crippen molar-refractivity contribution in [1.82, 2.24) is 0 Å². The minimum absolute atomic E-state index is 0.270. The highest BCUT2D eigenvalue weighted by molar-refractivity contribution is 9.08. The average Bonchev–Trinajstić information content (AvgIpc) is 2.71. The number of esters is 1. The molecule has 0 saturated carbocycles. The first-order chi connectivity index (χ1) is 7.27. The van der Waals surface area contributed by atoms with E-state index in [1.54, 1.807) is 11.3 Å². The van der Waals surface area contributed by atoms with Gasteiger partial charge in [-0.25, -0.2) is 4.79 Å². The fourth-order valence-electron chi connectivity index (χ4n) is 1.49. The Bertz CT molecular complexity index is 504. The quantitative estimate of drug-likeness (QED) is 0.622. The first kappa shape index (κ1) is 10.6. The Kier molecular flexibility index (Phi) is 3.07. The number of fused-ring (bicyclic) bond motifs is 1. The van der Waals surface area contributed by atoms with E-state index in [1.807, 2.05) is 17.5 Å². The van der Waals surface area contributed by atoms with E-state index in [0.717, 1.165) is 15.4 Å². The van der Waals surface area contributed by atoms with Crippen molar-refractivity contribution >= 4 is 43.3 Å². The van der Waals surface area contributed by atoms with E-state index in [9.17, 15) is 4.79 Å². The van der Waals surface area contributed by atoms with Crippen molar-refractivity contribution in [3.05, 3.63) is 34.7 Å². The molecule has 0 fully saturated rings. The molecule has 78 valence electrons. The van der Waals surface area contributed by atoms with Gasteiger partial charge in [-0.1, -0.05) is 34.1 Å². The van der Waals surface area contributed by atoms with Crippen LogP contribution in [0.3, 0.4) is 0 Å². The molecular weight excluding hydrogens is 276 g/mol. The molecule has 0 unspecified atom stereocenters. The average molecular weight is 285 g/mol. The van der Waals surface area contributed by atoms with Crippen LogP contribution in [0.2, 0.25) is 0 Å². The van der Waals surface area contributed by atoms with Gasteiger partial charge in [0.2, 0.25) is 0 Å². The van der Waals surface area contributed by atoms with Crippen LogP contribution < -0.4 is 0 Å². The highest BCUT2D eigenvalue weighted by atomic mass is 79.9. The Morgan fingerprint density at radius 1 is 1.53 bits per heavy atom. The summed E-state index contributed by atoms with van der Waals surface area (Å²) in [7, 11) is 1.40. The van der Waals surface area contributed by atoms with Gasteiger partial charge >= 0.3 is 5.97 Å². The molecular formula is C11H9BrO2S. The second-order valence-electron chi connectivity index (χ2n) is 3.07. The van der Waals surface area contributed by atoms with E-state index in [4.69, 9.17) is 4.74 Å². The minimum Gasteiger partial charge on any atom is -0.465 e. The highest BCUT2D eigenvalue weighted by Gasteiger charge is 2.13. The number of halogens is 1. The minimum atomic E-state index is -0.270. The van der Waals surface area contributed by atoms with Gasteiger partial charge in [-0.2, -0.15) is 0 Å². The maximum atomic E-state index is 11.5. The van der Waals surface area contributed by atoms with E-state index < -0.39 is 0 Å². The Balaban J connectivity index is 2.66. The summed E-state index contributed by atoms with van der Waals surface area (Å²) in [4.78, 5) is 11.5. The van der Waals surface area contributed by atoms with Crippen molar-refractivity contribution in [2.45, 2.75) is 5.33 Å². The Morgan fingerprint density at radius 2 is 2.33 bits per heavy atom. The Morgan fingerprint density at radius 3 is 3.00 bits per heavy atom. The van der Waals surface area contributed by atoms with Crippen molar-refractivity contribution in [2.24, 2.45) is 0 Å². The van der Waals surface area contributed by atoms with Gasteiger partial charge in [0.1, 0.15) is 0 Å². The van der Waals surface area contributed by atoms with Crippen LogP contribution in [0.4, 0.5) is 0 Å². The van der Waals surface area contributed by atoms with Crippen molar-refractivity contribution in [2.75, 3.05) is 7.11 Å². The molecule has 0 amide bonds. The molecule has 0 radical (unpaired) electrons. The summed E-state index contributed by atoms with van der Waals surface area (Å²) >= 11 is 5.01. The lowest BCUT2D eigenvalue weighted by Crippen LogP contribution is -1.99. The number of carbonyl (C=O) groups excluding carboxylic acids is 1. The van der Waals surface area contributed by atoms with Gasteiger partial charge in [0.05, 0.1) is 12.7 Å². The van der Waals surface area contributed by atoms with E-state index >= 15 is 0 Å². The van der Waals surface area contributed by atoms with E-state index in [0.29, 0.717) is 5.56 Å². The van der Waals surface area contributed by atoms with Crippen LogP contribution >= 0.6 is 27.3 Å². The summed E-state index contributed by atoms with van der Waals surface area (Å²) in [6.07, 6.45) is 0. The predicted molar refractivity (Wildman–Crippen MR) is 65.8 cm³/mol. The third-order valence-electron chi connectivity index (χ3n) is 2.23. The number of methoxy groups -OCH3 is 1. The smallest absolute Gasteiger partial charge is 0.339 e. The third kappa shape index (κ3) is 1.79. The normalized spacial score (nSPS) is 10.5. The van der Waals surface area contributed by atoms with Gasteiger partial charge in [0.25, 0.3) is 0 Å². The molecule has 0 spiro atoms. The second kappa shape index (κ2) is 4.33. The molecule has 2 nitrogen and oxygen atoms in total. The van der Waals surface area contributed by atoms with Crippen LogP contribution in [-0.2, 0) is 10.1 Å². The zero-order valence-corrected chi connectivity index (χ0v) is 10.5. The highest BCUT2D eigenvalue weighted by Crippen LogP contribution is 2.30. The molecule has 0 aliphatic carbocycles. The van der Waals surface area contributed by atoms with Crippen LogP contribution in [0.5, 0.6) is 0 Å².